The van der Waals surface area contributed by atoms with Crippen LogP contribution in [0.3, 0.4) is 0 Å². The van der Waals surface area contributed by atoms with Gasteiger partial charge in [-0.2, -0.15) is 0 Å². The van der Waals surface area contributed by atoms with Crippen LogP contribution in [0.1, 0.15) is 53.9 Å². The second-order valence-electron chi connectivity index (χ2n) is 5.30. The third-order valence-electron chi connectivity index (χ3n) is 3.10. The fourth-order valence-corrected chi connectivity index (χ4v) is 1.85. The normalized spacial score (nSPS) is 16.4. The van der Waals surface area contributed by atoms with E-state index < -0.39 is 0 Å². The molecule has 0 aromatic rings. The minimum atomic E-state index is 0.0374. The smallest absolute Gasteiger partial charge is 0.0622 e. The predicted molar refractivity (Wildman–Crippen MR) is 67.2 cm³/mol. The molecule has 0 heterocycles. The van der Waals surface area contributed by atoms with Crippen molar-refractivity contribution in [3.63, 3.8) is 0 Å². The third-order valence-corrected chi connectivity index (χ3v) is 3.10. The van der Waals surface area contributed by atoms with Gasteiger partial charge in [0.05, 0.1) is 5.60 Å². The van der Waals surface area contributed by atoms with Gasteiger partial charge in [-0.05, 0) is 52.5 Å². The molecule has 0 radical (unpaired) electrons. The average molecular weight is 215 g/mol. The summed E-state index contributed by atoms with van der Waals surface area (Å²) in [4.78, 5) is 0. The van der Waals surface area contributed by atoms with Crippen molar-refractivity contribution >= 4 is 0 Å². The summed E-state index contributed by atoms with van der Waals surface area (Å²) in [6, 6.07) is 0.635. The van der Waals surface area contributed by atoms with E-state index >= 15 is 0 Å². The standard InChI is InChI=1S/C13H29NO/c1-7-14-12(3)10-11(2)8-9-13(4,5)15-6/h11-12,14H,7-10H2,1-6H3. The molecule has 2 atom stereocenters. The van der Waals surface area contributed by atoms with Gasteiger partial charge in [0.25, 0.3) is 0 Å². The van der Waals surface area contributed by atoms with Crippen LogP contribution in [0.5, 0.6) is 0 Å². The Morgan fingerprint density at radius 3 is 2.33 bits per heavy atom. The highest BCUT2D eigenvalue weighted by Gasteiger charge is 2.18. The summed E-state index contributed by atoms with van der Waals surface area (Å²) in [6.07, 6.45) is 3.65. The Morgan fingerprint density at radius 1 is 1.27 bits per heavy atom. The average Bonchev–Trinajstić information content (AvgIpc) is 2.15. The highest BCUT2D eigenvalue weighted by molar-refractivity contribution is 4.71. The SMILES string of the molecule is CCNC(C)CC(C)CCC(C)(C)OC. The van der Waals surface area contributed by atoms with E-state index in [4.69, 9.17) is 4.74 Å². The molecule has 1 N–H and O–H groups in total. The maximum absolute atomic E-state index is 5.42. The minimum absolute atomic E-state index is 0.0374. The second-order valence-corrected chi connectivity index (χ2v) is 5.30. The Labute approximate surface area is 95.8 Å². The van der Waals surface area contributed by atoms with Gasteiger partial charge < -0.3 is 10.1 Å². The lowest BCUT2D eigenvalue weighted by Gasteiger charge is -2.25. The first-order chi connectivity index (χ1) is 6.91. The zero-order chi connectivity index (χ0) is 11.9. The van der Waals surface area contributed by atoms with Gasteiger partial charge in [0.2, 0.25) is 0 Å². The van der Waals surface area contributed by atoms with E-state index in [9.17, 15) is 0 Å². The number of methoxy groups -OCH3 is 1. The highest BCUT2D eigenvalue weighted by Crippen LogP contribution is 2.21. The van der Waals surface area contributed by atoms with E-state index in [0.717, 1.165) is 18.9 Å². The van der Waals surface area contributed by atoms with Crippen molar-refractivity contribution in [1.82, 2.24) is 5.32 Å². The van der Waals surface area contributed by atoms with Gasteiger partial charge in [0, 0.05) is 13.2 Å². The molecule has 2 unspecified atom stereocenters. The summed E-state index contributed by atoms with van der Waals surface area (Å²) >= 11 is 0. The summed E-state index contributed by atoms with van der Waals surface area (Å²) in [5.41, 5.74) is 0.0374. The van der Waals surface area contributed by atoms with E-state index in [1.54, 1.807) is 7.11 Å². The quantitative estimate of drug-likeness (QED) is 0.671. The molecule has 0 aliphatic rings. The summed E-state index contributed by atoms with van der Waals surface area (Å²) in [7, 11) is 1.80. The van der Waals surface area contributed by atoms with Crippen LogP contribution in [0.4, 0.5) is 0 Å². The first-order valence-corrected chi connectivity index (χ1v) is 6.19. The van der Waals surface area contributed by atoms with Crippen LogP contribution in [-0.2, 0) is 4.74 Å². The zero-order valence-electron chi connectivity index (χ0n) is 11.4. The Bertz CT molecular complexity index is 157. The maximum Gasteiger partial charge on any atom is 0.0622 e. The first kappa shape index (κ1) is 14.9. The van der Waals surface area contributed by atoms with Crippen LogP contribution in [0.25, 0.3) is 0 Å². The van der Waals surface area contributed by atoms with Crippen LogP contribution in [-0.4, -0.2) is 25.3 Å². The van der Waals surface area contributed by atoms with E-state index in [-0.39, 0.29) is 5.60 Å². The number of ether oxygens (including phenoxy) is 1. The van der Waals surface area contributed by atoms with Crippen molar-refractivity contribution in [3.05, 3.63) is 0 Å². The minimum Gasteiger partial charge on any atom is -0.379 e. The van der Waals surface area contributed by atoms with Gasteiger partial charge in [-0.15, -0.1) is 0 Å². The van der Waals surface area contributed by atoms with E-state index in [0.29, 0.717) is 6.04 Å². The van der Waals surface area contributed by atoms with E-state index in [2.05, 4.69) is 39.9 Å². The topological polar surface area (TPSA) is 21.3 Å². The van der Waals surface area contributed by atoms with Gasteiger partial charge in [-0.1, -0.05) is 13.8 Å². The Morgan fingerprint density at radius 2 is 1.87 bits per heavy atom. The second kappa shape index (κ2) is 7.24. The van der Waals surface area contributed by atoms with Crippen molar-refractivity contribution in [2.45, 2.75) is 65.5 Å². The van der Waals surface area contributed by atoms with Crippen molar-refractivity contribution in [1.29, 1.82) is 0 Å². The molecule has 0 amide bonds. The van der Waals surface area contributed by atoms with Crippen LogP contribution in [0, 0.1) is 5.92 Å². The van der Waals surface area contributed by atoms with Crippen LogP contribution in [0.2, 0.25) is 0 Å². The molecule has 0 aromatic carbocycles. The molecule has 0 aliphatic carbocycles. The molecule has 92 valence electrons. The lowest BCUT2D eigenvalue weighted by atomic mass is 9.92. The summed E-state index contributed by atoms with van der Waals surface area (Å²) in [5.74, 6) is 0.772. The molecule has 0 spiro atoms. The molecule has 0 bridgehead atoms. The zero-order valence-corrected chi connectivity index (χ0v) is 11.4. The molecule has 0 saturated carbocycles. The lowest BCUT2D eigenvalue weighted by molar-refractivity contribution is 0.0104. The fourth-order valence-electron chi connectivity index (χ4n) is 1.85. The van der Waals surface area contributed by atoms with E-state index in [1.807, 2.05) is 0 Å². The van der Waals surface area contributed by atoms with Crippen molar-refractivity contribution in [2.24, 2.45) is 5.92 Å². The molecule has 0 rings (SSSR count). The third kappa shape index (κ3) is 7.80. The van der Waals surface area contributed by atoms with Gasteiger partial charge in [0.15, 0.2) is 0 Å². The number of nitrogens with one attached hydrogen (secondary N) is 1. The molecule has 2 heteroatoms. The molecular formula is C13H29NO. The number of rotatable bonds is 8. The Hall–Kier alpha value is -0.0800. The van der Waals surface area contributed by atoms with Gasteiger partial charge in [-0.25, -0.2) is 0 Å². The molecule has 0 saturated heterocycles. The van der Waals surface area contributed by atoms with E-state index in [1.165, 1.54) is 12.8 Å². The maximum atomic E-state index is 5.42. The van der Waals surface area contributed by atoms with Crippen molar-refractivity contribution in [3.8, 4) is 0 Å². The van der Waals surface area contributed by atoms with Crippen LogP contribution in [0.15, 0.2) is 0 Å². The summed E-state index contributed by atoms with van der Waals surface area (Å²) in [6.45, 7) is 12.1. The molecule has 15 heavy (non-hydrogen) atoms. The number of hydrogen-bond donors (Lipinski definition) is 1. The first-order valence-electron chi connectivity index (χ1n) is 6.19. The van der Waals surface area contributed by atoms with Gasteiger partial charge >= 0.3 is 0 Å². The largest absolute Gasteiger partial charge is 0.379 e. The molecule has 0 aliphatic heterocycles. The number of hydrogen-bond acceptors (Lipinski definition) is 2. The van der Waals surface area contributed by atoms with Gasteiger partial charge in [0.1, 0.15) is 0 Å². The fraction of sp³-hybridized carbons (Fsp3) is 1.00. The molecule has 0 fully saturated rings. The summed E-state index contributed by atoms with van der Waals surface area (Å²) in [5, 5.41) is 3.46. The highest BCUT2D eigenvalue weighted by atomic mass is 16.5. The Kier molecular flexibility index (Phi) is 7.20. The monoisotopic (exact) mass is 215 g/mol. The van der Waals surface area contributed by atoms with Crippen LogP contribution >= 0.6 is 0 Å². The molecule has 0 aromatic heterocycles. The lowest BCUT2D eigenvalue weighted by Crippen LogP contribution is -2.28. The van der Waals surface area contributed by atoms with Crippen molar-refractivity contribution in [2.75, 3.05) is 13.7 Å². The molecular weight excluding hydrogens is 186 g/mol. The summed E-state index contributed by atoms with van der Waals surface area (Å²) < 4.78 is 5.42. The molecule has 2 nitrogen and oxygen atoms in total. The Balaban J connectivity index is 3.69. The predicted octanol–water partition coefficient (Wildman–Crippen LogP) is 3.22. The van der Waals surface area contributed by atoms with Crippen molar-refractivity contribution < 1.29 is 4.74 Å². The van der Waals surface area contributed by atoms with Gasteiger partial charge in [-0.3, -0.25) is 0 Å². The van der Waals surface area contributed by atoms with Crippen LogP contribution < -0.4 is 5.32 Å².